The molecule has 1 aliphatic carbocycles. The third kappa shape index (κ3) is 4.11. The number of carbonyl (C=O) groups is 1. The molecule has 1 fully saturated rings. The molecule has 18 heavy (non-hydrogen) atoms. The van der Waals surface area contributed by atoms with E-state index in [4.69, 9.17) is 11.6 Å². The van der Waals surface area contributed by atoms with Crippen molar-refractivity contribution in [3.05, 3.63) is 34.3 Å². The Morgan fingerprint density at radius 3 is 2.56 bits per heavy atom. The average molecular weight is 276 g/mol. The van der Waals surface area contributed by atoms with Crippen LogP contribution < -0.4 is 0 Å². The summed E-state index contributed by atoms with van der Waals surface area (Å²) < 4.78 is 0. The van der Waals surface area contributed by atoms with Crippen molar-refractivity contribution in [1.29, 1.82) is 0 Å². The summed E-state index contributed by atoms with van der Waals surface area (Å²) in [5, 5.41) is 0.610. The van der Waals surface area contributed by atoms with E-state index in [-0.39, 0.29) is 24.4 Å². The Hall–Kier alpha value is 0.207. The zero-order valence-electron chi connectivity index (χ0n) is 11.1. The molecule has 4 heteroatoms. The van der Waals surface area contributed by atoms with Gasteiger partial charge in [-0.3, -0.25) is 4.79 Å². The fourth-order valence-corrected chi connectivity index (χ4v) is 4.35. The first-order valence-corrected chi connectivity index (χ1v) is 7.70. The summed E-state index contributed by atoms with van der Waals surface area (Å²) in [4.78, 5) is 12.3. The smallest absolute Gasteiger partial charge is 0.183 e. The molecule has 0 N–H and O–H groups in total. The van der Waals surface area contributed by atoms with Crippen molar-refractivity contribution in [2.75, 3.05) is 0 Å². The zero-order valence-corrected chi connectivity index (χ0v) is 12.9. The van der Waals surface area contributed by atoms with Crippen LogP contribution in [-0.2, 0) is 0 Å². The minimum absolute atomic E-state index is 0. The predicted molar refractivity (Wildman–Crippen MR) is 81.5 cm³/mol. The molecule has 0 heterocycles. The van der Waals surface area contributed by atoms with Crippen LogP contribution in [0.2, 0.25) is 5.02 Å². The monoisotopic (exact) mass is 275 g/mol. The van der Waals surface area contributed by atoms with Crippen LogP contribution in [-0.4, -0.2) is 30.0 Å². The molecule has 0 saturated heterocycles. The minimum Gasteiger partial charge on any atom is -0.289 e. The molecule has 1 radical (unpaired) electrons. The third-order valence-corrected chi connectivity index (χ3v) is 5.20. The number of benzene rings is 1. The molecule has 1 aromatic carbocycles. The maximum absolute atomic E-state index is 12.3. The number of aryl methyl sites for hydroxylation is 1. The Balaban J connectivity index is 0.00000162. The summed E-state index contributed by atoms with van der Waals surface area (Å²) in [6.07, 6.45) is 6.33. The molecule has 1 atom stereocenters. The number of halogens is 1. The SMILES string of the molecule is Cc1cccc(Cl)c1C(=O)PC1CCCCC1.[Li]. The number of rotatable bonds is 3. The van der Waals surface area contributed by atoms with Crippen molar-refractivity contribution in [2.24, 2.45) is 0 Å². The van der Waals surface area contributed by atoms with E-state index in [2.05, 4.69) is 0 Å². The van der Waals surface area contributed by atoms with Gasteiger partial charge in [-0.25, -0.2) is 0 Å². The summed E-state index contributed by atoms with van der Waals surface area (Å²) in [5.41, 5.74) is 2.61. The average Bonchev–Trinajstić information content (AvgIpc) is 2.30. The molecule has 1 aliphatic rings. The molecule has 0 amide bonds. The van der Waals surface area contributed by atoms with Gasteiger partial charge in [0.1, 0.15) is 0 Å². The Morgan fingerprint density at radius 2 is 1.94 bits per heavy atom. The third-order valence-electron chi connectivity index (χ3n) is 3.39. The van der Waals surface area contributed by atoms with E-state index >= 15 is 0 Å². The molecule has 0 bridgehead atoms. The van der Waals surface area contributed by atoms with E-state index < -0.39 is 0 Å². The molecule has 93 valence electrons. The molecule has 1 aromatic rings. The second-order valence-corrected chi connectivity index (χ2v) is 6.71. The van der Waals surface area contributed by atoms with Gasteiger partial charge < -0.3 is 0 Å². The van der Waals surface area contributed by atoms with Crippen LogP contribution in [0.5, 0.6) is 0 Å². The minimum atomic E-state index is 0. The van der Waals surface area contributed by atoms with Gasteiger partial charge in [0.15, 0.2) is 5.52 Å². The molecule has 2 rings (SSSR count). The van der Waals surface area contributed by atoms with Crippen LogP contribution in [0.1, 0.15) is 48.0 Å². The molecule has 0 spiro atoms. The number of hydrogen-bond acceptors (Lipinski definition) is 1. The fourth-order valence-electron chi connectivity index (χ4n) is 2.42. The van der Waals surface area contributed by atoms with Gasteiger partial charge >= 0.3 is 0 Å². The second kappa shape index (κ2) is 7.71. The van der Waals surface area contributed by atoms with E-state index in [9.17, 15) is 4.79 Å². The van der Waals surface area contributed by atoms with E-state index in [1.54, 1.807) is 0 Å². The van der Waals surface area contributed by atoms with Gasteiger partial charge in [0, 0.05) is 24.4 Å². The Bertz CT molecular complexity index is 396. The zero-order chi connectivity index (χ0) is 12.3. The summed E-state index contributed by atoms with van der Waals surface area (Å²) in [6, 6.07) is 5.68. The molecule has 1 unspecified atom stereocenters. The quantitative estimate of drug-likeness (QED) is 0.589. The van der Waals surface area contributed by atoms with Crippen LogP contribution in [0.3, 0.4) is 0 Å². The summed E-state index contributed by atoms with van der Waals surface area (Å²) in [6.45, 7) is 1.96. The first kappa shape index (κ1) is 16.3. The largest absolute Gasteiger partial charge is 0.289 e. The van der Waals surface area contributed by atoms with Gasteiger partial charge in [-0.2, -0.15) is 0 Å². The van der Waals surface area contributed by atoms with Crippen molar-refractivity contribution < 1.29 is 4.79 Å². The predicted octanol–water partition coefficient (Wildman–Crippen LogP) is 4.42. The van der Waals surface area contributed by atoms with Crippen LogP contribution >= 0.6 is 20.2 Å². The Kier molecular flexibility index (Phi) is 6.97. The number of hydrogen-bond donors (Lipinski definition) is 0. The van der Waals surface area contributed by atoms with Crippen molar-refractivity contribution in [2.45, 2.75) is 44.7 Å². The van der Waals surface area contributed by atoms with Crippen LogP contribution in [0.15, 0.2) is 18.2 Å². The van der Waals surface area contributed by atoms with Gasteiger partial charge in [0.2, 0.25) is 0 Å². The Morgan fingerprint density at radius 1 is 1.28 bits per heavy atom. The van der Waals surface area contributed by atoms with E-state index in [1.165, 1.54) is 32.1 Å². The molecular formula is C14H18ClLiOP. The van der Waals surface area contributed by atoms with Crippen molar-refractivity contribution >= 4 is 44.6 Å². The fraction of sp³-hybridized carbons (Fsp3) is 0.500. The van der Waals surface area contributed by atoms with Gasteiger partial charge in [-0.15, -0.1) is 0 Å². The van der Waals surface area contributed by atoms with Gasteiger partial charge in [0.25, 0.3) is 0 Å². The molecule has 0 aromatic heterocycles. The van der Waals surface area contributed by atoms with Crippen LogP contribution in [0.25, 0.3) is 0 Å². The van der Waals surface area contributed by atoms with E-state index in [0.717, 1.165) is 11.1 Å². The van der Waals surface area contributed by atoms with Gasteiger partial charge in [0.05, 0.1) is 5.02 Å². The van der Waals surface area contributed by atoms with Crippen molar-refractivity contribution in [3.8, 4) is 0 Å². The standard InChI is InChI=1S/C14H18ClOP.Li/c1-10-6-5-9-12(15)13(10)14(16)17-11-7-3-2-4-8-11;/h5-6,9,11,17H,2-4,7-8H2,1H3;. The van der Waals surface area contributed by atoms with Crippen molar-refractivity contribution in [3.63, 3.8) is 0 Å². The summed E-state index contributed by atoms with van der Waals surface area (Å²) >= 11 is 6.13. The normalized spacial score (nSPS) is 16.8. The van der Waals surface area contributed by atoms with Gasteiger partial charge in [-0.05, 0) is 45.6 Å². The summed E-state index contributed by atoms with van der Waals surface area (Å²) in [7, 11) is 0.402. The number of carbonyl (C=O) groups excluding carboxylic acids is 1. The van der Waals surface area contributed by atoms with Crippen LogP contribution in [0.4, 0.5) is 0 Å². The Labute approximate surface area is 128 Å². The maximum Gasteiger partial charge on any atom is 0.183 e. The van der Waals surface area contributed by atoms with E-state index in [1.807, 2.05) is 25.1 Å². The first-order chi connectivity index (χ1) is 8.18. The van der Waals surface area contributed by atoms with Crippen LogP contribution in [0, 0.1) is 6.92 Å². The molecule has 1 nitrogen and oxygen atoms in total. The summed E-state index contributed by atoms with van der Waals surface area (Å²) in [5.74, 6) is 0. The maximum atomic E-state index is 12.3. The van der Waals surface area contributed by atoms with Crippen molar-refractivity contribution in [1.82, 2.24) is 0 Å². The second-order valence-electron chi connectivity index (χ2n) is 4.74. The molecule has 0 aliphatic heterocycles. The first-order valence-electron chi connectivity index (χ1n) is 6.24. The molecule has 1 saturated carbocycles. The van der Waals surface area contributed by atoms with Gasteiger partial charge in [-0.1, -0.05) is 43.0 Å². The van der Waals surface area contributed by atoms with E-state index in [0.29, 0.717) is 19.3 Å². The topological polar surface area (TPSA) is 17.1 Å². The molecular weight excluding hydrogens is 258 g/mol.